The number of nitrogens with zero attached hydrogens (tertiary/aromatic N) is 2. The molecule has 122 valence electrons. The summed E-state index contributed by atoms with van der Waals surface area (Å²) in [4.78, 5) is 14.9. The molecule has 0 bridgehead atoms. The second-order valence-electron chi connectivity index (χ2n) is 6.36. The van der Waals surface area contributed by atoms with Gasteiger partial charge in [-0.25, -0.2) is 0 Å². The SMILES string of the molecule is CCCN1C(=O)c2ccccc2[C@H]1c1c(N)n(C)c2ccccc12. The zero-order chi connectivity index (χ0) is 16.8. The molecular formula is C20H21N3O. The third-order valence-electron chi connectivity index (χ3n) is 4.99. The molecule has 0 spiro atoms. The maximum absolute atomic E-state index is 12.9. The predicted octanol–water partition coefficient (Wildman–Crippen LogP) is 3.72. The van der Waals surface area contributed by atoms with Crippen LogP contribution in [-0.4, -0.2) is 21.9 Å². The number of aromatic nitrogens is 1. The highest BCUT2D eigenvalue weighted by Crippen LogP contribution is 2.44. The Bertz CT molecular complexity index is 941. The molecular weight excluding hydrogens is 298 g/mol. The topological polar surface area (TPSA) is 51.3 Å². The number of carbonyl (C=O) groups is 1. The monoisotopic (exact) mass is 319 g/mol. The second kappa shape index (κ2) is 5.41. The van der Waals surface area contributed by atoms with Crippen molar-refractivity contribution in [2.24, 2.45) is 7.05 Å². The molecule has 0 saturated carbocycles. The van der Waals surface area contributed by atoms with Gasteiger partial charge >= 0.3 is 0 Å². The molecule has 0 unspecified atom stereocenters. The Hall–Kier alpha value is -2.75. The largest absolute Gasteiger partial charge is 0.385 e. The van der Waals surface area contributed by atoms with E-state index in [0.29, 0.717) is 0 Å². The lowest BCUT2D eigenvalue weighted by molar-refractivity contribution is 0.0751. The zero-order valence-corrected chi connectivity index (χ0v) is 14.0. The number of nitrogens with two attached hydrogens (primary N) is 1. The second-order valence-corrected chi connectivity index (χ2v) is 6.36. The summed E-state index contributed by atoms with van der Waals surface area (Å²) < 4.78 is 2.01. The number of carbonyl (C=O) groups excluding carboxylic acids is 1. The van der Waals surface area contributed by atoms with Gasteiger partial charge in [-0.05, 0) is 24.1 Å². The summed E-state index contributed by atoms with van der Waals surface area (Å²) in [6.07, 6.45) is 0.918. The molecule has 1 aliphatic rings. The fourth-order valence-corrected chi connectivity index (χ4v) is 3.88. The summed E-state index contributed by atoms with van der Waals surface area (Å²) in [5, 5.41) is 1.12. The fraction of sp³-hybridized carbons (Fsp3) is 0.250. The van der Waals surface area contributed by atoms with Gasteiger partial charge in [0.2, 0.25) is 0 Å². The van der Waals surface area contributed by atoms with Crippen molar-refractivity contribution in [1.29, 1.82) is 0 Å². The lowest BCUT2D eigenvalue weighted by Gasteiger charge is -2.25. The quantitative estimate of drug-likeness (QED) is 0.800. The van der Waals surface area contributed by atoms with E-state index in [1.807, 2.05) is 46.8 Å². The molecule has 0 aliphatic carbocycles. The summed E-state index contributed by atoms with van der Waals surface area (Å²) in [6, 6.07) is 16.0. The first-order chi connectivity index (χ1) is 11.6. The van der Waals surface area contributed by atoms with Gasteiger partial charge in [-0.1, -0.05) is 43.3 Å². The van der Waals surface area contributed by atoms with Crippen LogP contribution < -0.4 is 5.73 Å². The summed E-state index contributed by atoms with van der Waals surface area (Å²) in [7, 11) is 1.98. The van der Waals surface area contributed by atoms with Crippen molar-refractivity contribution in [1.82, 2.24) is 9.47 Å². The number of anilines is 1. The van der Waals surface area contributed by atoms with E-state index in [1.54, 1.807) is 0 Å². The van der Waals surface area contributed by atoms with Crippen molar-refractivity contribution >= 4 is 22.6 Å². The predicted molar refractivity (Wildman–Crippen MR) is 96.9 cm³/mol. The maximum atomic E-state index is 12.9. The molecule has 0 saturated heterocycles. The van der Waals surface area contributed by atoms with E-state index < -0.39 is 0 Å². The van der Waals surface area contributed by atoms with E-state index in [0.717, 1.165) is 46.4 Å². The lowest BCUT2D eigenvalue weighted by Crippen LogP contribution is -2.29. The van der Waals surface area contributed by atoms with E-state index in [4.69, 9.17) is 5.73 Å². The molecule has 2 N–H and O–H groups in total. The standard InChI is InChI=1S/C20H21N3O/c1-3-12-23-18(13-8-4-5-9-14(13)20(23)24)17-15-10-6-7-11-16(15)22(2)19(17)21/h4-11,18H,3,12,21H2,1-2H3/t18-/m0/s1. The highest BCUT2D eigenvalue weighted by atomic mass is 16.2. The number of hydrogen-bond donors (Lipinski definition) is 1. The number of rotatable bonds is 3. The van der Waals surface area contributed by atoms with Crippen LogP contribution in [0.3, 0.4) is 0 Å². The zero-order valence-electron chi connectivity index (χ0n) is 14.0. The number of para-hydroxylation sites is 1. The van der Waals surface area contributed by atoms with Crippen LogP contribution in [0.15, 0.2) is 48.5 Å². The van der Waals surface area contributed by atoms with Crippen LogP contribution in [0.1, 0.15) is 40.9 Å². The third kappa shape index (κ3) is 1.89. The Kier molecular flexibility index (Phi) is 3.34. The maximum Gasteiger partial charge on any atom is 0.255 e. The first kappa shape index (κ1) is 14.8. The Balaban J connectivity index is 2.01. The molecule has 0 radical (unpaired) electrons. The lowest BCUT2D eigenvalue weighted by atomic mass is 9.96. The highest BCUT2D eigenvalue weighted by Gasteiger charge is 2.39. The number of aryl methyl sites for hydroxylation is 1. The normalized spacial score (nSPS) is 16.8. The van der Waals surface area contributed by atoms with E-state index in [2.05, 4.69) is 25.1 Å². The molecule has 1 amide bonds. The number of hydrogen-bond acceptors (Lipinski definition) is 2. The molecule has 0 fully saturated rings. The third-order valence-corrected chi connectivity index (χ3v) is 4.99. The van der Waals surface area contributed by atoms with Crippen LogP contribution >= 0.6 is 0 Å². The summed E-state index contributed by atoms with van der Waals surface area (Å²) in [6.45, 7) is 2.82. The van der Waals surface area contributed by atoms with Gasteiger partial charge in [0.15, 0.2) is 0 Å². The molecule has 24 heavy (non-hydrogen) atoms. The van der Waals surface area contributed by atoms with E-state index in [1.165, 1.54) is 0 Å². The van der Waals surface area contributed by atoms with Crippen molar-refractivity contribution in [3.8, 4) is 0 Å². The van der Waals surface area contributed by atoms with E-state index in [9.17, 15) is 4.79 Å². The number of amides is 1. The summed E-state index contributed by atoms with van der Waals surface area (Å²) in [5.41, 5.74) is 10.5. The van der Waals surface area contributed by atoms with Gasteiger partial charge in [-0.15, -0.1) is 0 Å². The average Bonchev–Trinajstić information content (AvgIpc) is 3.02. The molecule has 2 aromatic carbocycles. The molecule has 2 heterocycles. The Morgan fingerprint density at radius 2 is 1.79 bits per heavy atom. The van der Waals surface area contributed by atoms with Gasteiger partial charge in [0, 0.05) is 35.6 Å². The van der Waals surface area contributed by atoms with E-state index in [-0.39, 0.29) is 11.9 Å². The molecule has 4 rings (SSSR count). The molecule has 1 aromatic heterocycles. The Morgan fingerprint density at radius 1 is 1.08 bits per heavy atom. The highest BCUT2D eigenvalue weighted by molar-refractivity contribution is 6.01. The van der Waals surface area contributed by atoms with E-state index >= 15 is 0 Å². The molecule has 4 nitrogen and oxygen atoms in total. The molecule has 1 atom stereocenters. The first-order valence-corrected chi connectivity index (χ1v) is 8.37. The number of benzene rings is 2. The summed E-state index contributed by atoms with van der Waals surface area (Å²) >= 11 is 0. The van der Waals surface area contributed by atoms with Crippen molar-refractivity contribution < 1.29 is 4.79 Å². The van der Waals surface area contributed by atoms with Gasteiger partial charge < -0.3 is 15.2 Å². The minimum atomic E-state index is -0.111. The van der Waals surface area contributed by atoms with Crippen LogP contribution in [0.4, 0.5) is 5.82 Å². The molecule has 3 aromatic rings. The van der Waals surface area contributed by atoms with Crippen molar-refractivity contribution in [2.45, 2.75) is 19.4 Å². The summed E-state index contributed by atoms with van der Waals surface area (Å²) in [5.74, 6) is 0.830. The van der Waals surface area contributed by atoms with Crippen LogP contribution in [0, 0.1) is 0 Å². The molecule has 1 aliphatic heterocycles. The van der Waals surface area contributed by atoms with Crippen LogP contribution in [-0.2, 0) is 7.05 Å². The van der Waals surface area contributed by atoms with Gasteiger partial charge in [0.05, 0.1) is 6.04 Å². The van der Waals surface area contributed by atoms with Gasteiger partial charge in [-0.3, -0.25) is 4.79 Å². The van der Waals surface area contributed by atoms with Crippen molar-refractivity contribution in [2.75, 3.05) is 12.3 Å². The minimum absolute atomic E-state index is 0.102. The smallest absolute Gasteiger partial charge is 0.255 e. The average molecular weight is 319 g/mol. The Morgan fingerprint density at radius 3 is 2.58 bits per heavy atom. The van der Waals surface area contributed by atoms with Crippen LogP contribution in [0.25, 0.3) is 10.9 Å². The van der Waals surface area contributed by atoms with Gasteiger partial charge in [0.25, 0.3) is 5.91 Å². The van der Waals surface area contributed by atoms with Crippen LogP contribution in [0.2, 0.25) is 0 Å². The number of nitrogen functional groups attached to an aromatic ring is 1. The van der Waals surface area contributed by atoms with Crippen molar-refractivity contribution in [3.05, 3.63) is 65.2 Å². The number of fused-ring (bicyclic) bond motifs is 2. The fourth-order valence-electron chi connectivity index (χ4n) is 3.88. The van der Waals surface area contributed by atoms with Crippen LogP contribution in [0.5, 0.6) is 0 Å². The van der Waals surface area contributed by atoms with Crippen molar-refractivity contribution in [3.63, 3.8) is 0 Å². The van der Waals surface area contributed by atoms with Gasteiger partial charge in [0.1, 0.15) is 5.82 Å². The minimum Gasteiger partial charge on any atom is -0.385 e. The van der Waals surface area contributed by atoms with Gasteiger partial charge in [-0.2, -0.15) is 0 Å². The molecule has 4 heteroatoms. The Labute approximate surface area is 141 Å². The first-order valence-electron chi connectivity index (χ1n) is 8.37.